The first-order valence-corrected chi connectivity index (χ1v) is 16.8. The van der Waals surface area contributed by atoms with Crippen LogP contribution in [0.3, 0.4) is 0 Å². The van der Waals surface area contributed by atoms with Crippen LogP contribution in [-0.4, -0.2) is 4.57 Å². The van der Waals surface area contributed by atoms with Gasteiger partial charge < -0.3 is 10.3 Å². The molecule has 0 bridgehead atoms. The molecule has 0 fully saturated rings. The van der Waals surface area contributed by atoms with E-state index >= 15 is 0 Å². The molecular weight excluding hydrogens is 595 g/mol. The normalized spacial score (nSPS) is 12.6. The van der Waals surface area contributed by atoms with Gasteiger partial charge in [-0.15, -0.1) is 6.58 Å². The van der Waals surface area contributed by atoms with Crippen molar-refractivity contribution in [3.8, 4) is 27.9 Å². The Morgan fingerprint density at radius 2 is 1.12 bits per heavy atom. The first-order chi connectivity index (χ1) is 24.2. The highest BCUT2D eigenvalue weighted by atomic mass is 15.0. The number of hydrogen-bond acceptors (Lipinski definition) is 2. The molecule has 0 saturated carbocycles. The van der Waals surface area contributed by atoms with Crippen molar-refractivity contribution in [2.45, 2.75) is 12.1 Å². The molecular formula is C46H37N3. The maximum atomic E-state index is 6.72. The monoisotopic (exact) mass is 631 g/mol. The third-order valence-corrected chi connectivity index (χ3v) is 9.51. The molecule has 0 aliphatic rings. The number of fused-ring (bicyclic) bond motifs is 3. The summed E-state index contributed by atoms with van der Waals surface area (Å²) in [5, 5.41) is 6.40. The maximum absolute atomic E-state index is 6.72. The fourth-order valence-corrected chi connectivity index (χ4v) is 7.12. The zero-order valence-corrected chi connectivity index (χ0v) is 27.2. The van der Waals surface area contributed by atoms with Crippen LogP contribution in [0.15, 0.2) is 189 Å². The van der Waals surface area contributed by atoms with Crippen LogP contribution in [-0.2, 0) is 0 Å². The number of nitrogens with zero attached hydrogens (tertiary/aromatic N) is 1. The van der Waals surface area contributed by atoms with Crippen LogP contribution in [0.25, 0.3) is 49.7 Å². The topological polar surface area (TPSA) is 43.0 Å². The summed E-state index contributed by atoms with van der Waals surface area (Å²) in [6.45, 7) is 4.21. The number of para-hydroxylation sites is 3. The summed E-state index contributed by atoms with van der Waals surface area (Å²) in [6.07, 6.45) is 1.98. The lowest BCUT2D eigenvalue weighted by molar-refractivity contribution is 0.553. The average Bonchev–Trinajstić information content (AvgIpc) is 3.50. The third-order valence-electron chi connectivity index (χ3n) is 9.51. The van der Waals surface area contributed by atoms with Crippen LogP contribution in [0.1, 0.15) is 28.8 Å². The molecule has 7 aromatic carbocycles. The summed E-state index contributed by atoms with van der Waals surface area (Å²) in [4.78, 5) is 0. The number of hydrogen-bond donors (Lipinski definition) is 2. The molecule has 1 heterocycles. The molecule has 3 nitrogen and oxygen atoms in total. The summed E-state index contributed by atoms with van der Waals surface area (Å²) in [7, 11) is 0. The fraction of sp³-hybridized carbons (Fsp3) is 0.0435. The molecule has 0 radical (unpaired) electrons. The second kappa shape index (κ2) is 13.2. The van der Waals surface area contributed by atoms with Crippen molar-refractivity contribution < 1.29 is 0 Å². The van der Waals surface area contributed by atoms with Crippen molar-refractivity contribution in [1.29, 1.82) is 0 Å². The van der Waals surface area contributed by atoms with Crippen LogP contribution >= 0.6 is 0 Å². The summed E-state index contributed by atoms with van der Waals surface area (Å²) in [5.41, 5.74) is 18.9. The minimum Gasteiger partial charge on any atom is -0.398 e. The van der Waals surface area contributed by atoms with Gasteiger partial charge in [-0.1, -0.05) is 140 Å². The van der Waals surface area contributed by atoms with Gasteiger partial charge in [0.2, 0.25) is 0 Å². The Morgan fingerprint density at radius 1 is 0.531 bits per heavy atom. The van der Waals surface area contributed by atoms with E-state index in [1.807, 2.05) is 24.3 Å². The second-order valence-electron chi connectivity index (χ2n) is 12.4. The van der Waals surface area contributed by atoms with Crippen molar-refractivity contribution in [3.63, 3.8) is 0 Å². The molecule has 8 aromatic rings. The van der Waals surface area contributed by atoms with Crippen LogP contribution in [0.4, 0.5) is 5.69 Å². The maximum Gasteiger partial charge on any atom is 0.0589 e. The van der Waals surface area contributed by atoms with E-state index < -0.39 is 0 Å². The van der Waals surface area contributed by atoms with Gasteiger partial charge in [0.05, 0.1) is 23.1 Å². The Hall–Kier alpha value is -6.16. The summed E-state index contributed by atoms with van der Waals surface area (Å²) >= 11 is 0. The minimum atomic E-state index is -0.126. The molecule has 0 aliphatic carbocycles. The standard InChI is InChI=1S/C46H37N3/c1-2-43(32-16-6-3-7-17-32)48-46(33-18-8-4-9-19-33)39-28-26-34(30-40(39)37-22-12-14-24-42(37)47)35-27-29-45-41(31-35)38-23-13-15-25-44(38)49(45)36-20-10-5-11-21-36/h2-31,43,46,48H,1,47H2. The van der Waals surface area contributed by atoms with E-state index in [-0.39, 0.29) is 12.1 Å². The van der Waals surface area contributed by atoms with E-state index in [1.54, 1.807) is 0 Å². The van der Waals surface area contributed by atoms with E-state index in [4.69, 9.17) is 5.73 Å². The van der Waals surface area contributed by atoms with Gasteiger partial charge in [0.25, 0.3) is 0 Å². The molecule has 3 N–H and O–H groups in total. The first kappa shape index (κ1) is 30.2. The van der Waals surface area contributed by atoms with E-state index in [0.717, 1.165) is 39.2 Å². The zero-order chi connectivity index (χ0) is 33.2. The number of rotatable bonds is 9. The summed E-state index contributed by atoms with van der Waals surface area (Å²) < 4.78 is 2.35. The lowest BCUT2D eigenvalue weighted by atomic mass is 9.87. The van der Waals surface area contributed by atoms with Crippen LogP contribution < -0.4 is 11.1 Å². The molecule has 1 aromatic heterocycles. The highest BCUT2D eigenvalue weighted by Gasteiger charge is 2.23. The number of aromatic nitrogens is 1. The van der Waals surface area contributed by atoms with E-state index in [2.05, 4.69) is 174 Å². The van der Waals surface area contributed by atoms with Crippen LogP contribution in [0, 0.1) is 0 Å². The lowest BCUT2D eigenvalue weighted by Gasteiger charge is -2.28. The van der Waals surface area contributed by atoms with Gasteiger partial charge in [0.15, 0.2) is 0 Å². The predicted octanol–water partition coefficient (Wildman–Crippen LogP) is 11.3. The Labute approximate surface area is 287 Å². The zero-order valence-electron chi connectivity index (χ0n) is 27.2. The van der Waals surface area contributed by atoms with Gasteiger partial charge in [-0.2, -0.15) is 0 Å². The number of nitrogen functional groups attached to an aromatic ring is 1. The summed E-state index contributed by atoms with van der Waals surface area (Å²) in [6, 6.07) is 62.0. The molecule has 0 amide bonds. The van der Waals surface area contributed by atoms with Gasteiger partial charge in [0, 0.05) is 27.7 Å². The average molecular weight is 632 g/mol. The first-order valence-electron chi connectivity index (χ1n) is 16.8. The number of anilines is 1. The molecule has 2 unspecified atom stereocenters. The highest BCUT2D eigenvalue weighted by Crippen LogP contribution is 2.40. The molecule has 49 heavy (non-hydrogen) atoms. The van der Waals surface area contributed by atoms with E-state index in [0.29, 0.717) is 0 Å². The molecule has 8 rings (SSSR count). The second-order valence-corrected chi connectivity index (χ2v) is 12.4. The molecule has 0 spiro atoms. The SMILES string of the molecule is C=CC(NC(c1ccccc1)c1ccc(-c2ccc3c(c2)c2ccccc2n3-c2ccccc2)cc1-c1ccccc1N)c1ccccc1. The predicted molar refractivity (Wildman–Crippen MR) is 207 cm³/mol. The summed E-state index contributed by atoms with van der Waals surface area (Å²) in [5.74, 6) is 0. The quantitative estimate of drug-likeness (QED) is 0.123. The number of nitrogens with two attached hydrogens (primary N) is 1. The van der Waals surface area contributed by atoms with Gasteiger partial charge in [-0.25, -0.2) is 0 Å². The van der Waals surface area contributed by atoms with Crippen molar-refractivity contribution >= 4 is 27.5 Å². The number of benzene rings is 7. The lowest BCUT2D eigenvalue weighted by Crippen LogP contribution is -2.26. The Bertz CT molecular complexity index is 2390. The van der Waals surface area contributed by atoms with Crippen LogP contribution in [0.5, 0.6) is 0 Å². The van der Waals surface area contributed by atoms with Gasteiger partial charge in [-0.05, 0) is 75.8 Å². The van der Waals surface area contributed by atoms with Crippen molar-refractivity contribution in [2.75, 3.05) is 5.73 Å². The Kier molecular flexibility index (Phi) is 8.10. The third kappa shape index (κ3) is 5.71. The molecule has 3 heteroatoms. The van der Waals surface area contributed by atoms with E-state index in [1.165, 1.54) is 32.9 Å². The smallest absolute Gasteiger partial charge is 0.0589 e. The van der Waals surface area contributed by atoms with Gasteiger partial charge in [0.1, 0.15) is 0 Å². The Morgan fingerprint density at radius 3 is 1.86 bits per heavy atom. The van der Waals surface area contributed by atoms with Crippen molar-refractivity contribution in [3.05, 3.63) is 205 Å². The van der Waals surface area contributed by atoms with Crippen molar-refractivity contribution in [2.24, 2.45) is 0 Å². The highest BCUT2D eigenvalue weighted by molar-refractivity contribution is 6.10. The largest absolute Gasteiger partial charge is 0.398 e. The molecule has 236 valence electrons. The minimum absolute atomic E-state index is 0.0589. The van der Waals surface area contributed by atoms with Crippen LogP contribution in [0.2, 0.25) is 0 Å². The van der Waals surface area contributed by atoms with Crippen molar-refractivity contribution in [1.82, 2.24) is 9.88 Å². The molecule has 0 saturated heterocycles. The van der Waals surface area contributed by atoms with E-state index in [9.17, 15) is 0 Å². The molecule has 0 aliphatic heterocycles. The molecule has 2 atom stereocenters. The number of nitrogens with one attached hydrogen (secondary N) is 1. The van der Waals surface area contributed by atoms with Gasteiger partial charge in [-0.3, -0.25) is 5.32 Å². The van der Waals surface area contributed by atoms with Gasteiger partial charge >= 0.3 is 0 Å². The Balaban J connectivity index is 1.30. The fourth-order valence-electron chi connectivity index (χ4n) is 7.12.